The van der Waals surface area contributed by atoms with Crippen LogP contribution in [0.2, 0.25) is 5.02 Å². The van der Waals surface area contributed by atoms with Crippen molar-refractivity contribution >= 4 is 17.3 Å². The summed E-state index contributed by atoms with van der Waals surface area (Å²) in [6.07, 6.45) is 3.99. The fourth-order valence-corrected chi connectivity index (χ4v) is 1.72. The number of nitrogens with zero attached hydrogens (tertiary/aromatic N) is 2. The van der Waals surface area contributed by atoms with Crippen molar-refractivity contribution in [1.82, 2.24) is 4.98 Å². The van der Waals surface area contributed by atoms with Gasteiger partial charge in [-0.05, 0) is 12.5 Å². The third-order valence-corrected chi connectivity index (χ3v) is 2.43. The second-order valence-electron chi connectivity index (χ2n) is 3.25. The van der Waals surface area contributed by atoms with Crippen LogP contribution >= 0.6 is 11.6 Å². The highest BCUT2D eigenvalue weighted by atomic mass is 35.5. The van der Waals surface area contributed by atoms with Gasteiger partial charge in [-0.3, -0.25) is 4.98 Å². The normalized spacial score (nSPS) is 22.3. The van der Waals surface area contributed by atoms with Crippen LogP contribution in [-0.2, 0) is 0 Å². The average Bonchev–Trinajstić information content (AvgIpc) is 2.52. The predicted molar refractivity (Wildman–Crippen MR) is 52.1 cm³/mol. The van der Waals surface area contributed by atoms with Crippen LogP contribution in [0, 0.1) is 0 Å². The van der Waals surface area contributed by atoms with Crippen LogP contribution in [0.5, 0.6) is 0 Å². The number of aliphatic hydroxyl groups excluding tert-OH is 1. The van der Waals surface area contributed by atoms with Gasteiger partial charge in [0.15, 0.2) is 0 Å². The van der Waals surface area contributed by atoms with Crippen molar-refractivity contribution < 1.29 is 5.11 Å². The number of anilines is 1. The topological polar surface area (TPSA) is 36.4 Å². The van der Waals surface area contributed by atoms with E-state index in [1.165, 1.54) is 0 Å². The summed E-state index contributed by atoms with van der Waals surface area (Å²) in [4.78, 5) is 6.09. The van der Waals surface area contributed by atoms with Crippen molar-refractivity contribution in [2.45, 2.75) is 12.5 Å². The summed E-state index contributed by atoms with van der Waals surface area (Å²) in [6.45, 7) is 1.56. The minimum atomic E-state index is -0.209. The van der Waals surface area contributed by atoms with Gasteiger partial charge in [-0.2, -0.15) is 0 Å². The maximum atomic E-state index is 9.34. The molecule has 1 aromatic rings. The van der Waals surface area contributed by atoms with Crippen molar-refractivity contribution in [3.05, 3.63) is 23.5 Å². The van der Waals surface area contributed by atoms with Crippen LogP contribution in [0.25, 0.3) is 0 Å². The molecule has 1 N–H and O–H groups in total. The molecule has 0 aromatic carbocycles. The van der Waals surface area contributed by atoms with Gasteiger partial charge < -0.3 is 10.0 Å². The van der Waals surface area contributed by atoms with Crippen LogP contribution in [0.1, 0.15) is 6.42 Å². The Hall–Kier alpha value is -0.800. The molecule has 1 fully saturated rings. The van der Waals surface area contributed by atoms with E-state index in [1.807, 2.05) is 6.07 Å². The maximum Gasteiger partial charge on any atom is 0.0731 e. The van der Waals surface area contributed by atoms with Crippen molar-refractivity contribution in [3.63, 3.8) is 0 Å². The van der Waals surface area contributed by atoms with E-state index in [4.69, 9.17) is 11.6 Å². The Labute approximate surface area is 82.0 Å². The van der Waals surface area contributed by atoms with Gasteiger partial charge in [-0.25, -0.2) is 0 Å². The Kier molecular flexibility index (Phi) is 2.38. The molecule has 1 saturated heterocycles. The molecule has 0 saturated carbocycles. The standard InChI is InChI=1S/C9H11ClN2O/c10-7-3-8(5-11-4-7)12-2-1-9(13)6-12/h3-5,9,13H,1-2,6H2. The number of halogens is 1. The zero-order valence-electron chi connectivity index (χ0n) is 7.15. The summed E-state index contributed by atoms with van der Waals surface area (Å²) in [5.41, 5.74) is 0.990. The molecule has 1 aliphatic rings. The second kappa shape index (κ2) is 3.52. The lowest BCUT2D eigenvalue weighted by molar-refractivity contribution is 0.198. The van der Waals surface area contributed by atoms with Crippen LogP contribution in [0.4, 0.5) is 5.69 Å². The van der Waals surface area contributed by atoms with E-state index < -0.39 is 0 Å². The average molecular weight is 199 g/mol. The molecule has 13 heavy (non-hydrogen) atoms. The number of rotatable bonds is 1. The van der Waals surface area contributed by atoms with Crippen LogP contribution < -0.4 is 4.90 Å². The molecule has 2 rings (SSSR count). The molecule has 2 heterocycles. The summed E-state index contributed by atoms with van der Waals surface area (Å²) in [7, 11) is 0. The van der Waals surface area contributed by atoms with E-state index in [0.717, 1.165) is 18.7 Å². The maximum absolute atomic E-state index is 9.34. The molecule has 1 aromatic heterocycles. The van der Waals surface area contributed by atoms with E-state index in [9.17, 15) is 5.11 Å². The van der Waals surface area contributed by atoms with Crippen LogP contribution in [-0.4, -0.2) is 29.3 Å². The number of hydrogen-bond acceptors (Lipinski definition) is 3. The van der Waals surface area contributed by atoms with E-state index in [0.29, 0.717) is 11.6 Å². The Morgan fingerprint density at radius 1 is 1.54 bits per heavy atom. The molecule has 4 heteroatoms. The molecule has 0 aliphatic carbocycles. The smallest absolute Gasteiger partial charge is 0.0731 e. The van der Waals surface area contributed by atoms with Gasteiger partial charge in [-0.15, -0.1) is 0 Å². The van der Waals surface area contributed by atoms with E-state index in [-0.39, 0.29) is 6.10 Å². The number of aromatic nitrogens is 1. The highest BCUT2D eigenvalue weighted by Gasteiger charge is 2.20. The molecule has 0 amide bonds. The van der Waals surface area contributed by atoms with Gasteiger partial charge in [0.2, 0.25) is 0 Å². The first kappa shape index (κ1) is 8.78. The van der Waals surface area contributed by atoms with Gasteiger partial charge in [0.25, 0.3) is 0 Å². The first-order chi connectivity index (χ1) is 6.25. The van der Waals surface area contributed by atoms with Gasteiger partial charge in [0.05, 0.1) is 23.0 Å². The fraction of sp³-hybridized carbons (Fsp3) is 0.444. The summed E-state index contributed by atoms with van der Waals surface area (Å²) in [6, 6.07) is 1.87. The molecule has 1 unspecified atom stereocenters. The van der Waals surface area contributed by atoms with Crippen LogP contribution in [0.3, 0.4) is 0 Å². The number of aliphatic hydroxyl groups is 1. The largest absolute Gasteiger partial charge is 0.391 e. The first-order valence-electron chi connectivity index (χ1n) is 4.29. The molecule has 3 nitrogen and oxygen atoms in total. The van der Waals surface area contributed by atoms with Crippen molar-refractivity contribution in [2.24, 2.45) is 0 Å². The molecule has 0 radical (unpaired) electrons. The third-order valence-electron chi connectivity index (χ3n) is 2.22. The number of β-amino-alcohol motifs (C(OH)–C–C–N with tert-alkyl or cyclic N) is 1. The van der Waals surface area contributed by atoms with E-state index in [2.05, 4.69) is 9.88 Å². The SMILES string of the molecule is OC1CCN(c2cncc(Cl)c2)C1. The minimum Gasteiger partial charge on any atom is -0.391 e. The molecule has 1 atom stereocenters. The quantitative estimate of drug-likeness (QED) is 0.739. The Balaban J connectivity index is 2.16. The summed E-state index contributed by atoms with van der Waals surface area (Å²) in [5.74, 6) is 0. The summed E-state index contributed by atoms with van der Waals surface area (Å²) in [5, 5.41) is 9.97. The summed E-state index contributed by atoms with van der Waals surface area (Å²) < 4.78 is 0. The molecule has 70 valence electrons. The second-order valence-corrected chi connectivity index (χ2v) is 3.69. The monoisotopic (exact) mass is 198 g/mol. The zero-order chi connectivity index (χ0) is 9.26. The van der Waals surface area contributed by atoms with Crippen molar-refractivity contribution in [3.8, 4) is 0 Å². The lowest BCUT2D eigenvalue weighted by atomic mass is 10.3. The van der Waals surface area contributed by atoms with Gasteiger partial charge in [0.1, 0.15) is 0 Å². The third kappa shape index (κ3) is 1.92. The van der Waals surface area contributed by atoms with E-state index in [1.54, 1.807) is 12.4 Å². The first-order valence-corrected chi connectivity index (χ1v) is 4.67. The fourth-order valence-electron chi connectivity index (χ4n) is 1.55. The molecule has 0 bridgehead atoms. The molecular formula is C9H11ClN2O. The van der Waals surface area contributed by atoms with Crippen LogP contribution in [0.15, 0.2) is 18.5 Å². The molecule has 1 aliphatic heterocycles. The highest BCUT2D eigenvalue weighted by molar-refractivity contribution is 6.30. The number of hydrogen-bond donors (Lipinski definition) is 1. The molecule has 0 spiro atoms. The lowest BCUT2D eigenvalue weighted by Crippen LogP contribution is -2.21. The lowest BCUT2D eigenvalue weighted by Gasteiger charge is -2.16. The Bertz CT molecular complexity index is 305. The zero-order valence-corrected chi connectivity index (χ0v) is 7.91. The molecular weight excluding hydrogens is 188 g/mol. The van der Waals surface area contributed by atoms with Crippen molar-refractivity contribution in [2.75, 3.05) is 18.0 Å². The van der Waals surface area contributed by atoms with Gasteiger partial charge in [-0.1, -0.05) is 11.6 Å². The highest BCUT2D eigenvalue weighted by Crippen LogP contribution is 2.21. The number of pyridine rings is 1. The van der Waals surface area contributed by atoms with E-state index >= 15 is 0 Å². The Morgan fingerprint density at radius 3 is 3.00 bits per heavy atom. The predicted octanol–water partition coefficient (Wildman–Crippen LogP) is 1.31. The van der Waals surface area contributed by atoms with Gasteiger partial charge in [0, 0.05) is 19.3 Å². The van der Waals surface area contributed by atoms with Crippen molar-refractivity contribution in [1.29, 1.82) is 0 Å². The minimum absolute atomic E-state index is 0.209. The Morgan fingerprint density at radius 2 is 2.38 bits per heavy atom. The van der Waals surface area contributed by atoms with Gasteiger partial charge >= 0.3 is 0 Å². The summed E-state index contributed by atoms with van der Waals surface area (Å²) >= 11 is 5.81.